The summed E-state index contributed by atoms with van der Waals surface area (Å²) >= 11 is 0. The number of methoxy groups -OCH3 is 1. The fourth-order valence-corrected chi connectivity index (χ4v) is 2.20. The quantitative estimate of drug-likeness (QED) is 0.834. The van der Waals surface area contributed by atoms with Gasteiger partial charge in [0.05, 0.1) is 11.8 Å². The predicted molar refractivity (Wildman–Crippen MR) is 67.8 cm³/mol. The smallest absolute Gasteiger partial charge is 0.0843 e. The van der Waals surface area contributed by atoms with Crippen LogP contribution in [0.5, 0.6) is 0 Å². The molecule has 0 aromatic carbocycles. The second-order valence-electron chi connectivity index (χ2n) is 5.51. The highest BCUT2D eigenvalue weighted by Crippen LogP contribution is 2.25. The number of rotatable bonds is 5. The summed E-state index contributed by atoms with van der Waals surface area (Å²) in [6.45, 7) is 6.55. The Morgan fingerprint density at radius 2 is 2.12 bits per heavy atom. The number of nitrogens with one attached hydrogen (secondary N) is 1. The molecule has 0 saturated carbocycles. The Balaban J connectivity index is 2.76. The van der Waals surface area contributed by atoms with E-state index in [4.69, 9.17) is 4.74 Å². The van der Waals surface area contributed by atoms with Crippen molar-refractivity contribution in [2.75, 3.05) is 14.2 Å². The summed E-state index contributed by atoms with van der Waals surface area (Å²) in [6, 6.07) is 0.233. The molecule has 5 nitrogen and oxygen atoms in total. The summed E-state index contributed by atoms with van der Waals surface area (Å²) in [6.07, 6.45) is 2.90. The zero-order valence-corrected chi connectivity index (χ0v) is 11.7. The number of aromatic nitrogens is 3. The van der Waals surface area contributed by atoms with E-state index in [9.17, 15) is 0 Å². The zero-order chi connectivity index (χ0) is 13.1. The topological polar surface area (TPSA) is 52.0 Å². The van der Waals surface area contributed by atoms with Crippen molar-refractivity contribution in [1.29, 1.82) is 0 Å². The van der Waals surface area contributed by atoms with Crippen molar-refractivity contribution in [3.63, 3.8) is 0 Å². The average Bonchev–Trinajstić information content (AvgIpc) is 2.61. The molecule has 2 atom stereocenters. The summed E-state index contributed by atoms with van der Waals surface area (Å²) in [5, 5.41) is 11.4. The van der Waals surface area contributed by atoms with Crippen molar-refractivity contribution in [2.45, 2.75) is 39.3 Å². The van der Waals surface area contributed by atoms with Crippen LogP contribution in [0.25, 0.3) is 0 Å². The second kappa shape index (κ2) is 5.60. The summed E-state index contributed by atoms with van der Waals surface area (Å²) < 4.78 is 7.35. The van der Waals surface area contributed by atoms with Crippen molar-refractivity contribution in [2.24, 2.45) is 12.5 Å². The molecule has 1 N–H and O–H groups in total. The molecule has 1 aromatic rings. The molecule has 1 rings (SSSR count). The van der Waals surface area contributed by atoms with Gasteiger partial charge in [-0.05, 0) is 12.5 Å². The second-order valence-corrected chi connectivity index (χ2v) is 5.51. The van der Waals surface area contributed by atoms with Gasteiger partial charge < -0.3 is 10.1 Å². The maximum atomic E-state index is 5.63. The Morgan fingerprint density at radius 1 is 1.47 bits per heavy atom. The van der Waals surface area contributed by atoms with Crippen molar-refractivity contribution in [3.8, 4) is 0 Å². The Kier molecular flexibility index (Phi) is 4.65. The Morgan fingerprint density at radius 3 is 2.47 bits per heavy atom. The van der Waals surface area contributed by atoms with Crippen LogP contribution in [0.2, 0.25) is 0 Å². The predicted octanol–water partition coefficient (Wildman–Crippen LogP) is 1.01. The Labute approximate surface area is 104 Å². The third kappa shape index (κ3) is 3.78. The highest BCUT2D eigenvalue weighted by molar-refractivity contribution is 4.99. The van der Waals surface area contributed by atoms with Crippen molar-refractivity contribution in [1.82, 2.24) is 20.3 Å². The molecule has 0 aliphatic rings. The van der Waals surface area contributed by atoms with Gasteiger partial charge in [0.2, 0.25) is 0 Å². The Bertz CT molecular complexity index is 343. The fourth-order valence-electron chi connectivity index (χ4n) is 2.20. The lowest BCUT2D eigenvalue weighted by molar-refractivity contribution is -0.00942. The van der Waals surface area contributed by atoms with Gasteiger partial charge >= 0.3 is 0 Å². The lowest BCUT2D eigenvalue weighted by atomic mass is 9.83. The lowest BCUT2D eigenvalue weighted by Gasteiger charge is -2.35. The summed E-state index contributed by atoms with van der Waals surface area (Å²) in [4.78, 5) is 0. The van der Waals surface area contributed by atoms with Gasteiger partial charge in [-0.15, -0.1) is 5.10 Å². The number of nitrogens with zero attached hydrogens (tertiary/aromatic N) is 3. The van der Waals surface area contributed by atoms with E-state index in [0.717, 1.165) is 12.1 Å². The minimum Gasteiger partial charge on any atom is -0.379 e. The number of ether oxygens (including phenoxy) is 1. The van der Waals surface area contributed by atoms with Gasteiger partial charge in [-0.1, -0.05) is 26.0 Å². The number of likely N-dealkylation sites (N-methyl/N-ethyl adjacent to an activating group) is 1. The highest BCUT2D eigenvalue weighted by atomic mass is 16.5. The summed E-state index contributed by atoms with van der Waals surface area (Å²) in [5.41, 5.74) is 1.07. The first-order valence-electron chi connectivity index (χ1n) is 5.93. The molecule has 0 radical (unpaired) electrons. The molecular weight excluding hydrogens is 216 g/mol. The van der Waals surface area contributed by atoms with E-state index in [2.05, 4.69) is 36.4 Å². The molecule has 98 valence electrons. The van der Waals surface area contributed by atoms with Crippen LogP contribution in [-0.4, -0.2) is 41.3 Å². The molecule has 0 bridgehead atoms. The number of hydrogen-bond acceptors (Lipinski definition) is 4. The molecule has 1 aromatic heterocycles. The number of hydrogen-bond donors (Lipinski definition) is 1. The molecule has 0 fully saturated rings. The minimum absolute atomic E-state index is 0.0879. The van der Waals surface area contributed by atoms with Gasteiger partial charge in [-0.25, -0.2) is 0 Å². The molecule has 1 heterocycles. The standard InChI is InChI=1S/C12H24N4O/c1-12(2,3)11(17-6)10(13-4)7-9-8-16(5)15-14-9/h8,10-11,13H,7H2,1-6H3. The zero-order valence-electron chi connectivity index (χ0n) is 11.7. The molecule has 17 heavy (non-hydrogen) atoms. The van der Waals surface area contributed by atoms with Gasteiger partial charge in [0.1, 0.15) is 0 Å². The van der Waals surface area contributed by atoms with E-state index in [1.54, 1.807) is 11.8 Å². The van der Waals surface area contributed by atoms with Gasteiger partial charge in [-0.3, -0.25) is 4.68 Å². The van der Waals surface area contributed by atoms with Gasteiger partial charge in [-0.2, -0.15) is 0 Å². The lowest BCUT2D eigenvalue weighted by Crippen LogP contribution is -2.47. The number of aryl methyl sites for hydroxylation is 1. The maximum Gasteiger partial charge on any atom is 0.0843 e. The Hall–Kier alpha value is -0.940. The minimum atomic E-state index is 0.0879. The molecular formula is C12H24N4O. The van der Waals surface area contributed by atoms with Crippen LogP contribution < -0.4 is 5.32 Å². The van der Waals surface area contributed by atoms with E-state index in [1.165, 1.54) is 0 Å². The van der Waals surface area contributed by atoms with E-state index in [-0.39, 0.29) is 17.6 Å². The molecule has 0 spiro atoms. The van der Waals surface area contributed by atoms with Crippen molar-refractivity contribution in [3.05, 3.63) is 11.9 Å². The first-order chi connectivity index (χ1) is 7.88. The van der Waals surface area contributed by atoms with Crippen LogP contribution in [0.15, 0.2) is 6.20 Å². The monoisotopic (exact) mass is 240 g/mol. The van der Waals surface area contributed by atoms with E-state index in [1.807, 2.05) is 20.3 Å². The summed E-state index contributed by atoms with van der Waals surface area (Å²) in [7, 11) is 5.60. The largest absolute Gasteiger partial charge is 0.379 e. The molecule has 0 aliphatic carbocycles. The highest BCUT2D eigenvalue weighted by Gasteiger charge is 2.32. The van der Waals surface area contributed by atoms with E-state index >= 15 is 0 Å². The van der Waals surface area contributed by atoms with Gasteiger partial charge in [0.25, 0.3) is 0 Å². The van der Waals surface area contributed by atoms with Gasteiger partial charge in [0.15, 0.2) is 0 Å². The first kappa shape index (κ1) is 14.1. The average molecular weight is 240 g/mol. The summed E-state index contributed by atoms with van der Waals surface area (Å²) in [5.74, 6) is 0. The molecule has 0 saturated heterocycles. The maximum absolute atomic E-state index is 5.63. The molecule has 5 heteroatoms. The van der Waals surface area contributed by atoms with Crippen molar-refractivity contribution < 1.29 is 4.74 Å². The molecule has 0 amide bonds. The van der Waals surface area contributed by atoms with Crippen LogP contribution >= 0.6 is 0 Å². The van der Waals surface area contributed by atoms with Crippen LogP contribution in [0, 0.1) is 5.41 Å². The van der Waals surface area contributed by atoms with Crippen LogP contribution in [-0.2, 0) is 18.2 Å². The first-order valence-corrected chi connectivity index (χ1v) is 5.93. The van der Waals surface area contributed by atoms with Crippen LogP contribution in [0.1, 0.15) is 26.5 Å². The van der Waals surface area contributed by atoms with E-state index < -0.39 is 0 Å². The van der Waals surface area contributed by atoms with E-state index in [0.29, 0.717) is 0 Å². The third-order valence-electron chi connectivity index (χ3n) is 2.92. The third-order valence-corrected chi connectivity index (χ3v) is 2.92. The SMILES string of the molecule is CNC(Cc1cn(C)nn1)C(OC)C(C)(C)C. The fraction of sp³-hybridized carbons (Fsp3) is 0.833. The normalized spacial score (nSPS) is 15.9. The van der Waals surface area contributed by atoms with Crippen LogP contribution in [0.3, 0.4) is 0 Å². The molecule has 2 unspecified atom stereocenters. The van der Waals surface area contributed by atoms with Crippen LogP contribution in [0.4, 0.5) is 0 Å². The van der Waals surface area contributed by atoms with Gasteiger partial charge in [0, 0.05) is 32.8 Å². The van der Waals surface area contributed by atoms with Crippen molar-refractivity contribution >= 4 is 0 Å². The molecule has 0 aliphatic heterocycles.